The number of carbonyl (C=O) groups is 1. The molecule has 4 nitrogen and oxygen atoms in total. The minimum absolute atomic E-state index is 0.0243. The largest absolute Gasteiger partial charge is 0.508 e. The number of phenolic OH excluding ortho intramolecular Hbond substituents is 2. The molecular weight excluding hydrogens is 280 g/mol. The number of carbonyl (C=O) groups excluding carboxylic acids is 1. The zero-order chi connectivity index (χ0) is 16.1. The lowest BCUT2D eigenvalue weighted by Gasteiger charge is -2.26. The van der Waals surface area contributed by atoms with Gasteiger partial charge in [0.2, 0.25) is 0 Å². The lowest BCUT2D eigenvalue weighted by atomic mass is 9.92. The van der Waals surface area contributed by atoms with Gasteiger partial charge in [-0.05, 0) is 44.7 Å². The summed E-state index contributed by atoms with van der Waals surface area (Å²) in [6, 6.07) is 1.58. The second kappa shape index (κ2) is 7.16. The predicted molar refractivity (Wildman–Crippen MR) is 85.2 cm³/mol. The SMILES string of the molecule is CC=CCCC1Cc2cc(O)c(CC=CC)c(O)c2C(=O)O1. The molecule has 22 heavy (non-hydrogen) atoms. The second-order valence-electron chi connectivity index (χ2n) is 5.41. The van der Waals surface area contributed by atoms with Gasteiger partial charge in [-0.15, -0.1) is 0 Å². The fraction of sp³-hybridized carbons (Fsp3) is 0.389. The van der Waals surface area contributed by atoms with E-state index in [1.54, 1.807) is 6.07 Å². The molecule has 1 aromatic rings. The zero-order valence-corrected chi connectivity index (χ0v) is 13.0. The molecule has 4 heteroatoms. The number of fused-ring (bicyclic) bond motifs is 1. The number of hydrogen-bond acceptors (Lipinski definition) is 4. The summed E-state index contributed by atoms with van der Waals surface area (Å²) >= 11 is 0. The minimum Gasteiger partial charge on any atom is -0.508 e. The highest BCUT2D eigenvalue weighted by atomic mass is 16.5. The number of rotatable bonds is 5. The Labute approximate surface area is 130 Å². The number of hydrogen-bond donors (Lipinski definition) is 2. The first-order chi connectivity index (χ1) is 10.6. The topological polar surface area (TPSA) is 66.8 Å². The first-order valence-corrected chi connectivity index (χ1v) is 7.58. The fourth-order valence-corrected chi connectivity index (χ4v) is 2.68. The molecule has 1 heterocycles. The summed E-state index contributed by atoms with van der Waals surface area (Å²) in [6.07, 6.45) is 9.88. The van der Waals surface area contributed by atoms with Gasteiger partial charge in [0.1, 0.15) is 23.2 Å². The monoisotopic (exact) mass is 302 g/mol. The number of benzene rings is 1. The van der Waals surface area contributed by atoms with Crippen molar-refractivity contribution in [3.63, 3.8) is 0 Å². The van der Waals surface area contributed by atoms with Gasteiger partial charge in [0, 0.05) is 12.0 Å². The number of cyclic esters (lactones) is 1. The van der Waals surface area contributed by atoms with Crippen molar-refractivity contribution in [2.24, 2.45) is 0 Å². The standard InChI is InChI=1S/C18H22O4/c1-3-5-7-8-13-10-12-11-15(19)14(9-6-4-2)17(20)16(12)18(21)22-13/h3-6,11,13,19-20H,7-10H2,1-2H3. The van der Waals surface area contributed by atoms with Crippen molar-refractivity contribution in [3.05, 3.63) is 47.1 Å². The van der Waals surface area contributed by atoms with Crippen molar-refractivity contribution in [2.75, 3.05) is 0 Å². The summed E-state index contributed by atoms with van der Waals surface area (Å²) in [6.45, 7) is 3.81. The van der Waals surface area contributed by atoms with Crippen LogP contribution in [0.2, 0.25) is 0 Å². The van der Waals surface area contributed by atoms with Crippen molar-refractivity contribution in [1.29, 1.82) is 0 Å². The number of ether oxygens (including phenoxy) is 1. The van der Waals surface area contributed by atoms with Crippen LogP contribution < -0.4 is 0 Å². The van der Waals surface area contributed by atoms with Crippen LogP contribution in [0.5, 0.6) is 11.5 Å². The van der Waals surface area contributed by atoms with E-state index in [4.69, 9.17) is 4.74 Å². The van der Waals surface area contributed by atoms with Crippen molar-refractivity contribution < 1.29 is 19.7 Å². The highest BCUT2D eigenvalue weighted by Crippen LogP contribution is 2.38. The third-order valence-electron chi connectivity index (χ3n) is 3.84. The molecule has 1 aromatic carbocycles. The van der Waals surface area contributed by atoms with Gasteiger partial charge >= 0.3 is 5.97 Å². The van der Waals surface area contributed by atoms with E-state index < -0.39 is 5.97 Å². The fourth-order valence-electron chi connectivity index (χ4n) is 2.68. The quantitative estimate of drug-likeness (QED) is 0.643. The lowest BCUT2D eigenvalue weighted by molar-refractivity contribution is 0.0235. The van der Waals surface area contributed by atoms with E-state index in [-0.39, 0.29) is 23.2 Å². The summed E-state index contributed by atoms with van der Waals surface area (Å²) in [5.41, 5.74) is 1.21. The second-order valence-corrected chi connectivity index (χ2v) is 5.41. The predicted octanol–water partition coefficient (Wildman–Crippen LogP) is 3.65. The van der Waals surface area contributed by atoms with Crippen molar-refractivity contribution in [3.8, 4) is 11.5 Å². The molecule has 0 saturated carbocycles. The van der Waals surface area contributed by atoms with Gasteiger partial charge in [0.25, 0.3) is 0 Å². The van der Waals surface area contributed by atoms with Crippen LogP contribution in [0, 0.1) is 0 Å². The number of phenols is 2. The van der Waals surface area contributed by atoms with E-state index in [1.807, 2.05) is 38.2 Å². The summed E-state index contributed by atoms with van der Waals surface area (Å²) in [4.78, 5) is 12.2. The zero-order valence-electron chi connectivity index (χ0n) is 13.0. The van der Waals surface area contributed by atoms with Crippen LogP contribution in [0.15, 0.2) is 30.4 Å². The lowest BCUT2D eigenvalue weighted by Crippen LogP contribution is -2.28. The summed E-state index contributed by atoms with van der Waals surface area (Å²) in [7, 11) is 0. The molecule has 0 saturated heterocycles. The maximum Gasteiger partial charge on any atom is 0.342 e. The summed E-state index contributed by atoms with van der Waals surface area (Å²) in [5, 5.41) is 20.4. The van der Waals surface area contributed by atoms with Crippen LogP contribution in [0.3, 0.4) is 0 Å². The summed E-state index contributed by atoms with van der Waals surface area (Å²) < 4.78 is 5.41. The van der Waals surface area contributed by atoms with E-state index in [0.717, 1.165) is 12.8 Å². The van der Waals surface area contributed by atoms with Gasteiger partial charge in [-0.1, -0.05) is 24.3 Å². The Bertz CT molecular complexity index is 614. The van der Waals surface area contributed by atoms with E-state index in [2.05, 4.69) is 0 Å². The Kier molecular flexibility index (Phi) is 5.26. The Morgan fingerprint density at radius 1 is 1.27 bits per heavy atom. The molecular formula is C18H22O4. The van der Waals surface area contributed by atoms with E-state index in [0.29, 0.717) is 24.0 Å². The smallest absolute Gasteiger partial charge is 0.342 e. The Morgan fingerprint density at radius 2 is 2.00 bits per heavy atom. The van der Waals surface area contributed by atoms with Crippen LogP contribution in [-0.2, 0) is 17.6 Å². The third-order valence-corrected chi connectivity index (χ3v) is 3.84. The average molecular weight is 302 g/mol. The molecule has 1 unspecified atom stereocenters. The van der Waals surface area contributed by atoms with E-state index in [9.17, 15) is 15.0 Å². The number of aromatic hydroxyl groups is 2. The number of esters is 1. The summed E-state index contributed by atoms with van der Waals surface area (Å²) in [5.74, 6) is -0.646. The normalized spacial score (nSPS) is 17.9. The van der Waals surface area contributed by atoms with Gasteiger partial charge in [-0.3, -0.25) is 0 Å². The first kappa shape index (κ1) is 16.1. The molecule has 0 radical (unpaired) electrons. The van der Waals surface area contributed by atoms with Gasteiger partial charge in [-0.2, -0.15) is 0 Å². The van der Waals surface area contributed by atoms with E-state index >= 15 is 0 Å². The van der Waals surface area contributed by atoms with Gasteiger partial charge in [-0.25, -0.2) is 4.79 Å². The van der Waals surface area contributed by atoms with Gasteiger partial charge < -0.3 is 14.9 Å². The maximum atomic E-state index is 12.2. The Hall–Kier alpha value is -2.23. The van der Waals surface area contributed by atoms with E-state index in [1.165, 1.54) is 0 Å². The molecule has 1 aliphatic heterocycles. The van der Waals surface area contributed by atoms with Gasteiger partial charge in [0.15, 0.2) is 0 Å². The molecule has 2 rings (SSSR count). The molecule has 0 amide bonds. The molecule has 0 bridgehead atoms. The van der Waals surface area contributed by atoms with Crippen LogP contribution in [0.1, 0.15) is 48.2 Å². The molecule has 118 valence electrons. The average Bonchev–Trinajstić information content (AvgIpc) is 2.46. The van der Waals surface area contributed by atoms with Crippen molar-refractivity contribution in [2.45, 2.75) is 45.6 Å². The molecule has 0 fully saturated rings. The minimum atomic E-state index is -0.508. The molecule has 2 N–H and O–H groups in total. The van der Waals surface area contributed by atoms with Crippen molar-refractivity contribution >= 4 is 5.97 Å². The van der Waals surface area contributed by atoms with Crippen LogP contribution >= 0.6 is 0 Å². The van der Waals surface area contributed by atoms with Crippen LogP contribution in [0.25, 0.3) is 0 Å². The molecule has 0 spiro atoms. The molecule has 1 aliphatic rings. The molecule has 1 atom stereocenters. The number of allylic oxidation sites excluding steroid dienone is 4. The van der Waals surface area contributed by atoms with Crippen LogP contribution in [-0.4, -0.2) is 22.3 Å². The molecule has 0 aliphatic carbocycles. The Morgan fingerprint density at radius 3 is 2.68 bits per heavy atom. The Balaban J connectivity index is 2.30. The van der Waals surface area contributed by atoms with Gasteiger partial charge in [0.05, 0.1) is 0 Å². The van der Waals surface area contributed by atoms with Crippen LogP contribution in [0.4, 0.5) is 0 Å². The first-order valence-electron chi connectivity index (χ1n) is 7.58. The maximum absolute atomic E-state index is 12.2. The highest BCUT2D eigenvalue weighted by molar-refractivity contribution is 5.96. The highest BCUT2D eigenvalue weighted by Gasteiger charge is 2.31. The third kappa shape index (κ3) is 3.32. The molecule has 0 aromatic heterocycles. The van der Waals surface area contributed by atoms with Crippen molar-refractivity contribution in [1.82, 2.24) is 0 Å².